The molecule has 7 nitrogen and oxygen atoms in total. The summed E-state index contributed by atoms with van der Waals surface area (Å²) in [6.45, 7) is 1.64. The molecule has 2 amide bonds. The van der Waals surface area contributed by atoms with Crippen molar-refractivity contribution in [2.45, 2.75) is 37.2 Å². The van der Waals surface area contributed by atoms with Gasteiger partial charge in [0.25, 0.3) is 10.0 Å². The van der Waals surface area contributed by atoms with E-state index in [9.17, 15) is 18.0 Å². The lowest BCUT2D eigenvalue weighted by Gasteiger charge is -2.34. The number of hydrogen-bond acceptors (Lipinski definition) is 4. The van der Waals surface area contributed by atoms with Gasteiger partial charge in [0.05, 0.1) is 30.7 Å². The predicted molar refractivity (Wildman–Crippen MR) is 182 cm³/mol. The van der Waals surface area contributed by atoms with Gasteiger partial charge in [-0.2, -0.15) is 0 Å². The summed E-state index contributed by atoms with van der Waals surface area (Å²) < 4.78 is 29.0. The maximum absolute atomic E-state index is 14.4. The molecule has 0 radical (unpaired) electrons. The first-order valence-corrected chi connectivity index (χ1v) is 17.0. The SMILES string of the molecule is CCCNC(=O)[C@H](Cc1ccccc1)N(Cc1ccc(Cl)c(Cl)c1)C(=O)CN(c1ccc(Cl)c(Cl)c1)S(=O)(=O)c1ccccc1. The van der Waals surface area contributed by atoms with Gasteiger partial charge in [-0.3, -0.25) is 13.9 Å². The summed E-state index contributed by atoms with van der Waals surface area (Å²) in [5.41, 5.74) is 1.55. The number of nitrogens with zero attached hydrogens (tertiary/aromatic N) is 2. The normalized spacial score (nSPS) is 11.9. The van der Waals surface area contributed by atoms with Crippen molar-refractivity contribution in [2.24, 2.45) is 0 Å². The topological polar surface area (TPSA) is 86.8 Å². The third-order valence-corrected chi connectivity index (χ3v) is 10.2. The highest BCUT2D eigenvalue weighted by Gasteiger charge is 2.34. The zero-order valence-electron chi connectivity index (χ0n) is 24.3. The molecule has 0 aliphatic rings. The van der Waals surface area contributed by atoms with E-state index < -0.39 is 28.5 Å². The van der Waals surface area contributed by atoms with Crippen LogP contribution in [-0.4, -0.2) is 44.3 Å². The molecule has 1 atom stereocenters. The maximum atomic E-state index is 14.4. The Kier molecular flexibility index (Phi) is 12.2. The van der Waals surface area contributed by atoms with Gasteiger partial charge in [0.1, 0.15) is 12.6 Å². The fraction of sp³-hybridized carbons (Fsp3) is 0.212. The van der Waals surface area contributed by atoms with Crippen LogP contribution in [0.25, 0.3) is 0 Å². The van der Waals surface area contributed by atoms with E-state index in [-0.39, 0.29) is 44.5 Å². The van der Waals surface area contributed by atoms with Crippen molar-refractivity contribution >= 4 is 73.9 Å². The molecule has 0 fully saturated rings. The van der Waals surface area contributed by atoms with Crippen LogP contribution in [0.4, 0.5) is 5.69 Å². The predicted octanol–water partition coefficient (Wildman–Crippen LogP) is 7.66. The molecule has 4 aromatic carbocycles. The smallest absolute Gasteiger partial charge is 0.264 e. The molecule has 1 N–H and O–H groups in total. The first kappa shape index (κ1) is 34.6. The van der Waals surface area contributed by atoms with E-state index in [2.05, 4.69) is 5.32 Å². The molecule has 0 aromatic heterocycles. The molecule has 0 unspecified atom stereocenters. The van der Waals surface area contributed by atoms with E-state index in [1.165, 1.54) is 35.2 Å². The average Bonchev–Trinajstić information content (AvgIpc) is 3.04. The van der Waals surface area contributed by atoms with E-state index in [4.69, 9.17) is 46.4 Å². The third kappa shape index (κ3) is 8.93. The molecule has 45 heavy (non-hydrogen) atoms. The van der Waals surface area contributed by atoms with Crippen LogP contribution in [0, 0.1) is 0 Å². The summed E-state index contributed by atoms with van der Waals surface area (Å²) in [6, 6.07) is 25.3. The number of hydrogen-bond donors (Lipinski definition) is 1. The summed E-state index contributed by atoms with van der Waals surface area (Å²) in [5.74, 6) is -1.000. The van der Waals surface area contributed by atoms with Crippen LogP contribution in [-0.2, 0) is 32.6 Å². The van der Waals surface area contributed by atoms with Crippen LogP contribution in [0.1, 0.15) is 24.5 Å². The molecule has 12 heteroatoms. The Hall–Kier alpha value is -3.27. The van der Waals surface area contributed by atoms with Gasteiger partial charge < -0.3 is 10.2 Å². The van der Waals surface area contributed by atoms with Gasteiger partial charge in [-0.25, -0.2) is 8.42 Å². The maximum Gasteiger partial charge on any atom is 0.264 e. The summed E-state index contributed by atoms with van der Waals surface area (Å²) in [4.78, 5) is 29.5. The van der Waals surface area contributed by atoms with Crippen LogP contribution in [0.15, 0.2) is 102 Å². The van der Waals surface area contributed by atoms with E-state index in [1.807, 2.05) is 37.3 Å². The molecular formula is C33H31Cl4N3O4S. The molecular weight excluding hydrogens is 676 g/mol. The van der Waals surface area contributed by atoms with Gasteiger partial charge in [0, 0.05) is 19.5 Å². The highest BCUT2D eigenvalue weighted by molar-refractivity contribution is 7.92. The molecule has 0 bridgehead atoms. The van der Waals surface area contributed by atoms with E-state index in [1.54, 1.807) is 36.4 Å². The zero-order valence-corrected chi connectivity index (χ0v) is 28.1. The fourth-order valence-electron chi connectivity index (χ4n) is 4.64. The lowest BCUT2D eigenvalue weighted by atomic mass is 10.0. The number of amides is 2. The van der Waals surface area contributed by atoms with E-state index in [0.717, 1.165) is 9.87 Å². The van der Waals surface area contributed by atoms with Gasteiger partial charge in [0.15, 0.2) is 0 Å². The Bertz CT molecular complexity index is 1740. The van der Waals surface area contributed by atoms with Crippen LogP contribution in [0.3, 0.4) is 0 Å². The molecule has 0 saturated carbocycles. The number of rotatable bonds is 13. The number of carbonyl (C=O) groups excluding carboxylic acids is 2. The minimum Gasteiger partial charge on any atom is -0.354 e. The van der Waals surface area contributed by atoms with Crippen molar-refractivity contribution in [1.82, 2.24) is 10.2 Å². The van der Waals surface area contributed by atoms with Crippen molar-refractivity contribution in [1.29, 1.82) is 0 Å². The minimum atomic E-state index is -4.27. The van der Waals surface area contributed by atoms with Gasteiger partial charge >= 0.3 is 0 Å². The Balaban J connectivity index is 1.82. The van der Waals surface area contributed by atoms with Crippen LogP contribution in [0.2, 0.25) is 20.1 Å². The van der Waals surface area contributed by atoms with E-state index in [0.29, 0.717) is 23.6 Å². The minimum absolute atomic E-state index is 0.0265. The number of carbonyl (C=O) groups is 2. The van der Waals surface area contributed by atoms with Crippen molar-refractivity contribution < 1.29 is 18.0 Å². The van der Waals surface area contributed by atoms with Crippen molar-refractivity contribution in [3.05, 3.63) is 128 Å². The van der Waals surface area contributed by atoms with Crippen molar-refractivity contribution in [3.8, 4) is 0 Å². The number of anilines is 1. The average molecular weight is 708 g/mol. The first-order chi connectivity index (χ1) is 21.5. The highest BCUT2D eigenvalue weighted by atomic mass is 35.5. The fourth-order valence-corrected chi connectivity index (χ4v) is 6.68. The Labute approximate surface area is 283 Å². The second-order valence-corrected chi connectivity index (χ2v) is 13.7. The molecule has 0 spiro atoms. The molecule has 0 saturated heterocycles. The monoisotopic (exact) mass is 705 g/mol. The number of nitrogens with one attached hydrogen (secondary N) is 1. The second-order valence-electron chi connectivity index (χ2n) is 10.2. The van der Waals surface area contributed by atoms with Crippen LogP contribution in [0.5, 0.6) is 0 Å². The quantitative estimate of drug-likeness (QED) is 0.155. The van der Waals surface area contributed by atoms with Crippen molar-refractivity contribution in [2.75, 3.05) is 17.4 Å². The zero-order chi connectivity index (χ0) is 32.6. The Morgan fingerprint density at radius 3 is 1.96 bits per heavy atom. The van der Waals surface area contributed by atoms with E-state index >= 15 is 0 Å². The van der Waals surface area contributed by atoms with Crippen molar-refractivity contribution in [3.63, 3.8) is 0 Å². The number of halogens is 4. The number of benzene rings is 4. The Morgan fingerprint density at radius 1 is 0.756 bits per heavy atom. The Morgan fingerprint density at radius 2 is 1.36 bits per heavy atom. The van der Waals surface area contributed by atoms with Crippen LogP contribution >= 0.6 is 46.4 Å². The first-order valence-electron chi connectivity index (χ1n) is 14.1. The largest absolute Gasteiger partial charge is 0.354 e. The summed E-state index contributed by atoms with van der Waals surface area (Å²) >= 11 is 24.9. The number of sulfonamides is 1. The third-order valence-electron chi connectivity index (χ3n) is 6.96. The highest BCUT2D eigenvalue weighted by Crippen LogP contribution is 2.31. The van der Waals surface area contributed by atoms with Gasteiger partial charge in [0.2, 0.25) is 11.8 Å². The molecule has 0 aliphatic heterocycles. The summed E-state index contributed by atoms with van der Waals surface area (Å²) in [6.07, 6.45) is 0.868. The summed E-state index contributed by atoms with van der Waals surface area (Å²) in [5, 5.41) is 3.85. The standard InChI is InChI=1S/C33H31Cl4N3O4S/c1-2-17-38-33(42)31(19-23-9-5-3-6-10-23)39(21-24-13-15-27(34)29(36)18-24)32(41)22-40(25-14-16-28(35)30(37)20-25)45(43,44)26-11-7-4-8-12-26/h3-16,18,20,31H,2,17,19,21-22H2,1H3,(H,38,42)/t31-/m0/s1. The molecule has 236 valence electrons. The van der Waals surface area contributed by atoms with Gasteiger partial charge in [-0.05, 0) is 60.0 Å². The molecule has 4 aromatic rings. The molecule has 4 rings (SSSR count). The van der Waals surface area contributed by atoms with Crippen LogP contribution < -0.4 is 9.62 Å². The van der Waals surface area contributed by atoms with Gasteiger partial charge in [-0.15, -0.1) is 0 Å². The molecule has 0 heterocycles. The summed E-state index contributed by atoms with van der Waals surface area (Å²) in [7, 11) is -4.27. The second kappa shape index (κ2) is 15.8. The lowest BCUT2D eigenvalue weighted by molar-refractivity contribution is -0.140. The lowest BCUT2D eigenvalue weighted by Crippen LogP contribution is -2.53. The molecule has 0 aliphatic carbocycles. The van der Waals surface area contributed by atoms with Gasteiger partial charge in [-0.1, -0.05) is 108 Å².